The van der Waals surface area contributed by atoms with Gasteiger partial charge in [-0.1, -0.05) is 0 Å². The van der Waals surface area contributed by atoms with Crippen molar-refractivity contribution in [2.75, 3.05) is 33.6 Å². The molecule has 1 fully saturated rings. The van der Waals surface area contributed by atoms with Crippen LogP contribution in [0.15, 0.2) is 0 Å². The Morgan fingerprint density at radius 1 is 0.655 bits per heavy atom. The van der Waals surface area contributed by atoms with E-state index < -0.39 is 61.9 Å². The number of carbonyl (C=O) groups is 4. The molecule has 0 aliphatic carbocycles. The van der Waals surface area contributed by atoms with Crippen molar-refractivity contribution in [2.45, 2.75) is 52.1 Å². The maximum atomic E-state index is 11.2. The van der Waals surface area contributed by atoms with Gasteiger partial charge in [0.25, 0.3) is 0 Å². The molecule has 4 atom stereocenters. The average molecular weight is 422 g/mol. The predicted molar refractivity (Wildman–Crippen MR) is 90.9 cm³/mol. The Morgan fingerprint density at radius 2 is 1.00 bits per heavy atom. The first-order valence-corrected chi connectivity index (χ1v) is 8.70. The van der Waals surface area contributed by atoms with Gasteiger partial charge < -0.3 is 37.9 Å². The predicted octanol–water partition coefficient (Wildman–Crippen LogP) is -0.334. The van der Waals surface area contributed by atoms with Crippen LogP contribution in [0.3, 0.4) is 0 Å². The molecule has 0 saturated carbocycles. The van der Waals surface area contributed by atoms with Gasteiger partial charge in [-0.15, -0.1) is 0 Å². The highest BCUT2D eigenvalue weighted by Gasteiger charge is 2.42. The second kappa shape index (κ2) is 13.0. The minimum absolute atomic E-state index is 0.211. The molecule has 0 aromatic carbocycles. The maximum Gasteiger partial charge on any atom is 0.304 e. The van der Waals surface area contributed by atoms with Crippen LogP contribution in [0, 0.1) is 0 Å². The van der Waals surface area contributed by atoms with Crippen LogP contribution in [0.25, 0.3) is 0 Å². The standard InChI is InChI=1S/C17H26O12/c1-10(18)22-5-14-16(28-7-24-12(3)20)17(29-8-25-13(4)21)15(27-9-26-14)6-23-11(2)19/h14-17H,5-9H2,1-4H3. The molecule has 12 nitrogen and oxygen atoms in total. The molecular weight excluding hydrogens is 396 g/mol. The van der Waals surface area contributed by atoms with E-state index in [1.165, 1.54) is 27.7 Å². The summed E-state index contributed by atoms with van der Waals surface area (Å²) in [5.41, 5.74) is 0. The summed E-state index contributed by atoms with van der Waals surface area (Å²) in [4.78, 5) is 44.5. The molecule has 4 unspecified atom stereocenters. The lowest BCUT2D eigenvalue weighted by Crippen LogP contribution is -2.50. The van der Waals surface area contributed by atoms with Crippen molar-refractivity contribution >= 4 is 23.9 Å². The van der Waals surface area contributed by atoms with Crippen LogP contribution in [-0.4, -0.2) is 81.9 Å². The molecule has 12 heteroatoms. The van der Waals surface area contributed by atoms with Gasteiger partial charge in [0.1, 0.15) is 44.4 Å². The number of ether oxygens (including phenoxy) is 8. The molecule has 0 aromatic rings. The van der Waals surface area contributed by atoms with Crippen molar-refractivity contribution in [1.29, 1.82) is 0 Å². The fourth-order valence-corrected chi connectivity index (χ4v) is 2.31. The monoisotopic (exact) mass is 422 g/mol. The topological polar surface area (TPSA) is 142 Å². The van der Waals surface area contributed by atoms with E-state index in [0.29, 0.717) is 0 Å². The van der Waals surface area contributed by atoms with E-state index in [4.69, 9.17) is 37.9 Å². The number of hydrogen-bond acceptors (Lipinski definition) is 12. The molecule has 1 aliphatic rings. The van der Waals surface area contributed by atoms with Gasteiger partial charge >= 0.3 is 23.9 Å². The highest BCUT2D eigenvalue weighted by molar-refractivity contribution is 5.66. The zero-order valence-electron chi connectivity index (χ0n) is 16.7. The minimum atomic E-state index is -0.993. The number of rotatable bonds is 10. The molecule has 166 valence electrons. The fraction of sp³-hybridized carbons (Fsp3) is 0.765. The van der Waals surface area contributed by atoms with Crippen molar-refractivity contribution in [3.05, 3.63) is 0 Å². The Kier molecular flexibility index (Phi) is 11.1. The van der Waals surface area contributed by atoms with E-state index in [2.05, 4.69) is 0 Å². The quantitative estimate of drug-likeness (QED) is 0.258. The third kappa shape index (κ3) is 10.2. The van der Waals surface area contributed by atoms with Crippen LogP contribution in [0.5, 0.6) is 0 Å². The van der Waals surface area contributed by atoms with Crippen molar-refractivity contribution in [3.8, 4) is 0 Å². The molecular formula is C17H26O12. The van der Waals surface area contributed by atoms with Crippen LogP contribution < -0.4 is 0 Å². The normalized spacial score (nSPS) is 24.1. The maximum absolute atomic E-state index is 11.2. The Bertz CT molecular complexity index is 515. The molecule has 0 amide bonds. The largest absolute Gasteiger partial charge is 0.463 e. The average Bonchev–Trinajstić information content (AvgIpc) is 2.77. The number of carbonyl (C=O) groups excluding carboxylic acids is 4. The van der Waals surface area contributed by atoms with E-state index in [1.807, 2.05) is 0 Å². The molecule has 1 saturated heterocycles. The van der Waals surface area contributed by atoms with Crippen LogP contribution >= 0.6 is 0 Å². The van der Waals surface area contributed by atoms with Gasteiger partial charge in [-0.3, -0.25) is 19.2 Å². The summed E-state index contributed by atoms with van der Waals surface area (Å²) in [5.74, 6) is -2.26. The molecule has 1 aliphatic heterocycles. The van der Waals surface area contributed by atoms with Crippen LogP contribution in [-0.2, 0) is 57.1 Å². The fourth-order valence-electron chi connectivity index (χ4n) is 2.31. The Balaban J connectivity index is 3.01. The van der Waals surface area contributed by atoms with Gasteiger partial charge in [0.05, 0.1) is 0 Å². The zero-order chi connectivity index (χ0) is 21.8. The first kappa shape index (κ1) is 24.8. The highest BCUT2D eigenvalue weighted by atomic mass is 16.7. The zero-order valence-corrected chi connectivity index (χ0v) is 16.7. The summed E-state index contributed by atoms with van der Waals surface area (Å²) in [6.45, 7) is 3.27. The summed E-state index contributed by atoms with van der Waals surface area (Å²) in [6, 6.07) is 0. The lowest BCUT2D eigenvalue weighted by Gasteiger charge is -2.32. The highest BCUT2D eigenvalue weighted by Crippen LogP contribution is 2.23. The summed E-state index contributed by atoms with van der Waals surface area (Å²) >= 11 is 0. The third-order valence-electron chi connectivity index (χ3n) is 3.57. The molecule has 0 aromatic heterocycles. The SMILES string of the molecule is CC(=O)OCOC1C(COC(C)=O)OCOC(COC(C)=O)C1OCOC(C)=O. The first-order chi connectivity index (χ1) is 13.7. The van der Waals surface area contributed by atoms with Gasteiger partial charge in [-0.2, -0.15) is 0 Å². The van der Waals surface area contributed by atoms with Crippen molar-refractivity contribution in [1.82, 2.24) is 0 Å². The number of hydrogen-bond donors (Lipinski definition) is 0. The second-order valence-corrected chi connectivity index (χ2v) is 5.90. The van der Waals surface area contributed by atoms with Crippen LogP contribution in [0.1, 0.15) is 27.7 Å². The molecule has 1 heterocycles. The third-order valence-corrected chi connectivity index (χ3v) is 3.57. The smallest absolute Gasteiger partial charge is 0.304 e. The molecule has 0 bridgehead atoms. The van der Waals surface area contributed by atoms with Crippen molar-refractivity contribution in [2.24, 2.45) is 0 Å². The Labute approximate surface area is 167 Å². The lowest BCUT2D eigenvalue weighted by atomic mass is 10.0. The van der Waals surface area contributed by atoms with Gasteiger partial charge in [0.2, 0.25) is 0 Å². The minimum Gasteiger partial charge on any atom is -0.463 e. The van der Waals surface area contributed by atoms with Gasteiger partial charge in [0.15, 0.2) is 13.6 Å². The first-order valence-electron chi connectivity index (χ1n) is 8.70. The van der Waals surface area contributed by atoms with E-state index >= 15 is 0 Å². The molecule has 0 radical (unpaired) electrons. The summed E-state index contributed by atoms with van der Waals surface area (Å²) < 4.78 is 41.8. The second-order valence-electron chi connectivity index (χ2n) is 5.90. The van der Waals surface area contributed by atoms with E-state index in [0.717, 1.165) is 0 Å². The molecule has 0 spiro atoms. The summed E-state index contributed by atoms with van der Waals surface area (Å²) in [5, 5.41) is 0. The summed E-state index contributed by atoms with van der Waals surface area (Å²) in [6.07, 6.45) is -3.74. The Morgan fingerprint density at radius 3 is 1.31 bits per heavy atom. The molecule has 1 rings (SSSR count). The van der Waals surface area contributed by atoms with Crippen molar-refractivity contribution in [3.63, 3.8) is 0 Å². The van der Waals surface area contributed by atoms with Crippen LogP contribution in [0.2, 0.25) is 0 Å². The van der Waals surface area contributed by atoms with Crippen molar-refractivity contribution < 1.29 is 57.1 Å². The van der Waals surface area contributed by atoms with Gasteiger partial charge in [-0.25, -0.2) is 0 Å². The molecule has 29 heavy (non-hydrogen) atoms. The van der Waals surface area contributed by atoms with E-state index in [9.17, 15) is 19.2 Å². The van der Waals surface area contributed by atoms with E-state index in [1.54, 1.807) is 0 Å². The van der Waals surface area contributed by atoms with E-state index in [-0.39, 0.29) is 20.0 Å². The lowest BCUT2D eigenvalue weighted by molar-refractivity contribution is -0.210. The van der Waals surface area contributed by atoms with Crippen LogP contribution in [0.4, 0.5) is 0 Å². The van der Waals surface area contributed by atoms with Gasteiger partial charge in [-0.05, 0) is 0 Å². The molecule has 0 N–H and O–H groups in total. The summed E-state index contributed by atoms with van der Waals surface area (Å²) in [7, 11) is 0. The number of esters is 4. The van der Waals surface area contributed by atoms with Gasteiger partial charge in [0, 0.05) is 27.7 Å². The Hall–Kier alpha value is -2.28.